The number of pyridine rings is 1. The molecule has 29 heavy (non-hydrogen) atoms. The minimum atomic E-state index is 0.141. The van der Waals surface area contributed by atoms with Crippen molar-refractivity contribution in [2.75, 3.05) is 13.1 Å². The molecule has 0 N–H and O–H groups in total. The summed E-state index contributed by atoms with van der Waals surface area (Å²) >= 11 is 0. The van der Waals surface area contributed by atoms with Crippen molar-refractivity contribution in [2.45, 2.75) is 46.0 Å². The highest BCUT2D eigenvalue weighted by molar-refractivity contribution is 5.79. The van der Waals surface area contributed by atoms with Crippen molar-refractivity contribution in [3.63, 3.8) is 0 Å². The SMILES string of the molecule is Cc1noc(C)c1CC(=O)N1CCCC(CCc2noc(-c3cccnc3)n2)C1. The molecule has 3 aromatic rings. The summed E-state index contributed by atoms with van der Waals surface area (Å²) in [6.07, 6.45) is 7.58. The molecule has 1 amide bonds. The Morgan fingerprint density at radius 3 is 2.93 bits per heavy atom. The van der Waals surface area contributed by atoms with Gasteiger partial charge >= 0.3 is 0 Å². The van der Waals surface area contributed by atoms with Crippen molar-refractivity contribution in [1.29, 1.82) is 0 Å². The summed E-state index contributed by atoms with van der Waals surface area (Å²) in [6.45, 7) is 5.32. The number of aryl methyl sites for hydroxylation is 3. The molecule has 3 aromatic heterocycles. The maximum absolute atomic E-state index is 12.8. The Hall–Kier alpha value is -3.03. The molecule has 0 bridgehead atoms. The summed E-state index contributed by atoms with van der Waals surface area (Å²) in [4.78, 5) is 23.3. The Balaban J connectivity index is 1.31. The number of hydrogen-bond acceptors (Lipinski definition) is 7. The van der Waals surface area contributed by atoms with Crippen molar-refractivity contribution in [2.24, 2.45) is 5.92 Å². The third-order valence-corrected chi connectivity index (χ3v) is 5.53. The molecular formula is C21H25N5O3. The number of nitrogens with zero attached hydrogens (tertiary/aromatic N) is 5. The average molecular weight is 395 g/mol. The number of hydrogen-bond donors (Lipinski definition) is 0. The second kappa shape index (κ2) is 8.55. The molecule has 8 heteroatoms. The molecule has 1 aliphatic heterocycles. The Bertz CT molecular complexity index is 946. The van der Waals surface area contributed by atoms with Crippen LogP contribution in [0.2, 0.25) is 0 Å². The molecule has 0 saturated carbocycles. The lowest BCUT2D eigenvalue weighted by Crippen LogP contribution is -2.41. The van der Waals surface area contributed by atoms with E-state index in [2.05, 4.69) is 20.3 Å². The van der Waals surface area contributed by atoms with Gasteiger partial charge in [-0.1, -0.05) is 10.3 Å². The lowest BCUT2D eigenvalue weighted by Gasteiger charge is -2.32. The first kappa shape index (κ1) is 19.3. The van der Waals surface area contributed by atoms with Crippen LogP contribution in [0.25, 0.3) is 11.5 Å². The van der Waals surface area contributed by atoms with Gasteiger partial charge in [-0.15, -0.1) is 0 Å². The van der Waals surface area contributed by atoms with Gasteiger partial charge in [0.2, 0.25) is 5.91 Å². The number of likely N-dealkylation sites (tertiary alicyclic amines) is 1. The molecule has 1 saturated heterocycles. The Kier molecular flexibility index (Phi) is 5.69. The standard InChI is InChI=1S/C21H25N5O3/c1-14-18(15(2)28-24-14)11-20(27)26-10-4-5-16(13-26)7-8-19-23-21(29-25-19)17-6-3-9-22-12-17/h3,6,9,12,16H,4-5,7-8,10-11,13H2,1-2H3. The van der Waals surface area contributed by atoms with Crippen LogP contribution in [-0.4, -0.2) is 44.2 Å². The van der Waals surface area contributed by atoms with Gasteiger partial charge in [0.25, 0.3) is 5.89 Å². The molecule has 1 aliphatic rings. The van der Waals surface area contributed by atoms with Crippen molar-refractivity contribution >= 4 is 5.91 Å². The van der Waals surface area contributed by atoms with Crippen LogP contribution in [0.3, 0.4) is 0 Å². The summed E-state index contributed by atoms with van der Waals surface area (Å²) in [5.74, 6) is 2.50. The number of rotatable bonds is 6. The molecule has 4 rings (SSSR count). The molecule has 8 nitrogen and oxygen atoms in total. The molecular weight excluding hydrogens is 370 g/mol. The Morgan fingerprint density at radius 2 is 2.17 bits per heavy atom. The van der Waals surface area contributed by atoms with Crippen LogP contribution in [0.5, 0.6) is 0 Å². The summed E-state index contributed by atoms with van der Waals surface area (Å²) in [5.41, 5.74) is 2.53. The van der Waals surface area contributed by atoms with E-state index in [4.69, 9.17) is 9.05 Å². The highest BCUT2D eigenvalue weighted by Crippen LogP contribution is 2.23. The Labute approximate surface area is 169 Å². The van der Waals surface area contributed by atoms with E-state index in [1.54, 1.807) is 12.4 Å². The third-order valence-electron chi connectivity index (χ3n) is 5.53. The zero-order chi connectivity index (χ0) is 20.2. The molecule has 1 fully saturated rings. The van der Waals surface area contributed by atoms with Crippen molar-refractivity contribution in [3.8, 4) is 11.5 Å². The smallest absolute Gasteiger partial charge is 0.259 e. The van der Waals surface area contributed by atoms with E-state index >= 15 is 0 Å². The highest BCUT2D eigenvalue weighted by atomic mass is 16.5. The van der Waals surface area contributed by atoms with E-state index < -0.39 is 0 Å². The molecule has 0 spiro atoms. The van der Waals surface area contributed by atoms with Gasteiger partial charge < -0.3 is 13.9 Å². The maximum Gasteiger partial charge on any atom is 0.259 e. The summed E-state index contributed by atoms with van der Waals surface area (Å²) in [6, 6.07) is 3.74. The van der Waals surface area contributed by atoms with E-state index in [-0.39, 0.29) is 5.91 Å². The molecule has 152 valence electrons. The van der Waals surface area contributed by atoms with Crippen LogP contribution in [0.15, 0.2) is 33.6 Å². The molecule has 0 aromatic carbocycles. The lowest BCUT2D eigenvalue weighted by molar-refractivity contribution is -0.132. The summed E-state index contributed by atoms with van der Waals surface area (Å²) < 4.78 is 10.5. The van der Waals surface area contributed by atoms with Gasteiger partial charge in [-0.25, -0.2) is 0 Å². The number of carbonyl (C=O) groups excluding carboxylic acids is 1. The van der Waals surface area contributed by atoms with Crippen LogP contribution < -0.4 is 0 Å². The van der Waals surface area contributed by atoms with Crippen LogP contribution in [0.4, 0.5) is 0 Å². The van der Waals surface area contributed by atoms with Crippen LogP contribution >= 0.6 is 0 Å². The van der Waals surface area contributed by atoms with Gasteiger partial charge in [0.15, 0.2) is 5.82 Å². The second-order valence-corrected chi connectivity index (χ2v) is 7.62. The van der Waals surface area contributed by atoms with Crippen LogP contribution in [0, 0.1) is 19.8 Å². The van der Waals surface area contributed by atoms with Crippen LogP contribution in [0.1, 0.15) is 42.1 Å². The van der Waals surface area contributed by atoms with Crippen molar-refractivity contribution < 1.29 is 13.8 Å². The van der Waals surface area contributed by atoms with Gasteiger partial charge in [0.1, 0.15) is 5.76 Å². The average Bonchev–Trinajstić information content (AvgIpc) is 3.35. The van der Waals surface area contributed by atoms with E-state index in [1.165, 1.54) is 0 Å². The normalized spacial score (nSPS) is 16.9. The quantitative estimate of drug-likeness (QED) is 0.632. The molecule has 0 aliphatic carbocycles. The number of piperidine rings is 1. The Morgan fingerprint density at radius 1 is 1.28 bits per heavy atom. The predicted octanol–water partition coefficient (Wildman–Crippen LogP) is 3.15. The maximum atomic E-state index is 12.8. The van der Waals surface area contributed by atoms with Crippen molar-refractivity contribution in [3.05, 3.63) is 47.4 Å². The van der Waals surface area contributed by atoms with Gasteiger partial charge in [-0.05, 0) is 51.2 Å². The van der Waals surface area contributed by atoms with Gasteiger partial charge in [0.05, 0.1) is 17.7 Å². The topological polar surface area (TPSA) is 98.2 Å². The number of carbonyl (C=O) groups is 1. The number of aromatic nitrogens is 4. The molecule has 1 unspecified atom stereocenters. The number of amides is 1. The van der Waals surface area contributed by atoms with E-state index in [1.807, 2.05) is 30.9 Å². The zero-order valence-electron chi connectivity index (χ0n) is 16.8. The van der Waals surface area contributed by atoms with Gasteiger partial charge in [0, 0.05) is 37.5 Å². The second-order valence-electron chi connectivity index (χ2n) is 7.62. The molecule has 0 radical (unpaired) electrons. The summed E-state index contributed by atoms with van der Waals surface area (Å²) in [5, 5.41) is 8.03. The van der Waals surface area contributed by atoms with Crippen molar-refractivity contribution in [1.82, 2.24) is 25.2 Å². The fourth-order valence-corrected chi connectivity index (χ4v) is 3.84. The summed E-state index contributed by atoms with van der Waals surface area (Å²) in [7, 11) is 0. The van der Waals surface area contributed by atoms with E-state index in [9.17, 15) is 4.79 Å². The van der Waals surface area contributed by atoms with Gasteiger partial charge in [-0.3, -0.25) is 9.78 Å². The lowest BCUT2D eigenvalue weighted by atomic mass is 9.93. The predicted molar refractivity (Wildman–Crippen MR) is 105 cm³/mol. The highest BCUT2D eigenvalue weighted by Gasteiger charge is 2.25. The van der Waals surface area contributed by atoms with E-state index in [0.29, 0.717) is 24.1 Å². The minimum Gasteiger partial charge on any atom is -0.361 e. The minimum absolute atomic E-state index is 0.141. The van der Waals surface area contributed by atoms with Crippen LogP contribution in [-0.2, 0) is 17.6 Å². The zero-order valence-corrected chi connectivity index (χ0v) is 16.8. The largest absolute Gasteiger partial charge is 0.361 e. The van der Waals surface area contributed by atoms with E-state index in [0.717, 1.165) is 61.4 Å². The van der Waals surface area contributed by atoms with Gasteiger partial charge in [-0.2, -0.15) is 4.98 Å². The first-order chi connectivity index (χ1) is 14.1. The monoisotopic (exact) mass is 395 g/mol. The fraction of sp³-hybridized carbons (Fsp3) is 0.476. The first-order valence-corrected chi connectivity index (χ1v) is 10.0. The molecule has 4 heterocycles. The molecule has 1 atom stereocenters. The fourth-order valence-electron chi connectivity index (χ4n) is 3.84. The third kappa shape index (κ3) is 4.52. The first-order valence-electron chi connectivity index (χ1n) is 10.0.